The summed E-state index contributed by atoms with van der Waals surface area (Å²) in [6.45, 7) is 4.83. The number of nitrogens with zero attached hydrogens (tertiary/aromatic N) is 1. The number of carboxylic acid groups (broad SMARTS) is 1. The van der Waals surface area contributed by atoms with E-state index < -0.39 is 12.0 Å². The van der Waals surface area contributed by atoms with Crippen LogP contribution < -0.4 is 5.32 Å². The Morgan fingerprint density at radius 3 is 2.53 bits per heavy atom. The third kappa shape index (κ3) is 7.42. The number of likely N-dealkylation sites (tertiary alicyclic amines) is 1. The number of amides is 1. The zero-order valence-corrected chi connectivity index (χ0v) is 12.4. The normalized spacial score (nSPS) is 17.9. The van der Waals surface area contributed by atoms with E-state index in [9.17, 15) is 9.59 Å². The number of nitrogens with one attached hydrogen (secondary N) is 1. The molecular formula is C13H24N2O3S. The van der Waals surface area contributed by atoms with Gasteiger partial charge < -0.3 is 15.3 Å². The summed E-state index contributed by atoms with van der Waals surface area (Å²) < 4.78 is 0. The van der Waals surface area contributed by atoms with Crippen LogP contribution in [0, 0.1) is 0 Å². The first-order valence-corrected chi connectivity index (χ1v) is 8.05. The number of rotatable bonds is 8. The molecule has 1 fully saturated rings. The Morgan fingerprint density at radius 2 is 1.95 bits per heavy atom. The summed E-state index contributed by atoms with van der Waals surface area (Å²) in [5.41, 5.74) is 0. The van der Waals surface area contributed by atoms with E-state index in [1.54, 1.807) is 11.8 Å². The van der Waals surface area contributed by atoms with Gasteiger partial charge in [0, 0.05) is 19.2 Å². The first kappa shape index (κ1) is 16.3. The molecule has 1 amide bonds. The Balaban J connectivity index is 2.07. The maximum atomic E-state index is 10.9. The van der Waals surface area contributed by atoms with Crippen LogP contribution in [0.2, 0.25) is 0 Å². The Kier molecular flexibility index (Phi) is 7.90. The van der Waals surface area contributed by atoms with Gasteiger partial charge in [-0.15, -0.1) is 0 Å². The number of carbonyl (C=O) groups is 2. The van der Waals surface area contributed by atoms with Crippen LogP contribution in [0.4, 0.5) is 0 Å². The van der Waals surface area contributed by atoms with E-state index in [0.29, 0.717) is 6.42 Å². The molecule has 1 rings (SSSR count). The average molecular weight is 288 g/mol. The van der Waals surface area contributed by atoms with Gasteiger partial charge in [0.05, 0.1) is 0 Å². The second kappa shape index (κ2) is 9.20. The van der Waals surface area contributed by atoms with E-state index in [1.165, 1.54) is 39.3 Å². The van der Waals surface area contributed by atoms with Crippen LogP contribution in [-0.2, 0) is 9.59 Å². The van der Waals surface area contributed by atoms with Gasteiger partial charge in [0.2, 0.25) is 5.91 Å². The molecule has 19 heavy (non-hydrogen) atoms. The Hall–Kier alpha value is -0.750. The fourth-order valence-corrected chi connectivity index (χ4v) is 3.18. The summed E-state index contributed by atoms with van der Waals surface area (Å²) in [6, 6.07) is -0.750. The number of hydrogen-bond donors (Lipinski definition) is 2. The van der Waals surface area contributed by atoms with Gasteiger partial charge in [0.25, 0.3) is 0 Å². The Bertz CT molecular complexity index is 294. The van der Waals surface area contributed by atoms with Gasteiger partial charge >= 0.3 is 5.97 Å². The molecule has 0 bridgehead atoms. The minimum atomic E-state index is -0.952. The molecule has 5 nitrogen and oxygen atoms in total. The highest BCUT2D eigenvalue weighted by Crippen LogP contribution is 2.11. The number of piperidine rings is 1. The number of carbonyl (C=O) groups excluding carboxylic acids is 1. The summed E-state index contributed by atoms with van der Waals surface area (Å²) in [5, 5.41) is 11.4. The van der Waals surface area contributed by atoms with Gasteiger partial charge in [-0.1, -0.05) is 6.42 Å². The van der Waals surface area contributed by atoms with E-state index in [4.69, 9.17) is 5.11 Å². The summed E-state index contributed by atoms with van der Waals surface area (Å²) in [5.74, 6) is 0.565. The molecule has 0 radical (unpaired) electrons. The third-order valence-electron chi connectivity index (χ3n) is 3.23. The van der Waals surface area contributed by atoms with Crippen LogP contribution in [0.3, 0.4) is 0 Å². The first-order valence-electron chi connectivity index (χ1n) is 6.89. The van der Waals surface area contributed by atoms with Crippen molar-refractivity contribution in [3.8, 4) is 0 Å². The molecule has 0 aliphatic carbocycles. The van der Waals surface area contributed by atoms with Crippen LogP contribution in [0.25, 0.3) is 0 Å². The fraction of sp³-hybridized carbons (Fsp3) is 0.846. The second-order valence-corrected chi connectivity index (χ2v) is 6.12. The molecule has 6 heteroatoms. The SMILES string of the molecule is CC(=O)NC(CCSCCN1CCCCC1)C(=O)O. The first-order chi connectivity index (χ1) is 9.09. The van der Waals surface area contributed by atoms with Gasteiger partial charge in [-0.05, 0) is 38.1 Å². The van der Waals surface area contributed by atoms with Crippen molar-refractivity contribution in [3.05, 3.63) is 0 Å². The predicted molar refractivity (Wildman–Crippen MR) is 77.5 cm³/mol. The lowest BCUT2D eigenvalue weighted by atomic mass is 10.1. The number of hydrogen-bond acceptors (Lipinski definition) is 4. The molecule has 0 aromatic carbocycles. The van der Waals surface area contributed by atoms with Crippen molar-refractivity contribution >= 4 is 23.6 Å². The summed E-state index contributed by atoms with van der Waals surface area (Å²) >= 11 is 1.76. The van der Waals surface area contributed by atoms with E-state index in [2.05, 4.69) is 10.2 Å². The van der Waals surface area contributed by atoms with Gasteiger partial charge in [-0.2, -0.15) is 11.8 Å². The number of carboxylic acids is 1. The van der Waals surface area contributed by atoms with Crippen molar-refractivity contribution in [1.29, 1.82) is 0 Å². The molecule has 0 aromatic rings. The Labute approximate surface area is 119 Å². The monoisotopic (exact) mass is 288 g/mol. The van der Waals surface area contributed by atoms with Crippen LogP contribution in [-0.4, -0.2) is 59.1 Å². The quantitative estimate of drug-likeness (QED) is 0.657. The molecule has 0 aromatic heterocycles. The van der Waals surface area contributed by atoms with E-state index in [1.807, 2.05) is 0 Å². The van der Waals surface area contributed by atoms with Crippen molar-refractivity contribution in [2.24, 2.45) is 0 Å². The molecule has 0 spiro atoms. The van der Waals surface area contributed by atoms with Crippen LogP contribution in [0.1, 0.15) is 32.6 Å². The fourth-order valence-electron chi connectivity index (χ4n) is 2.18. The predicted octanol–water partition coefficient (Wildman–Crippen LogP) is 1.18. The van der Waals surface area contributed by atoms with Crippen molar-refractivity contribution < 1.29 is 14.7 Å². The maximum absolute atomic E-state index is 10.9. The lowest BCUT2D eigenvalue weighted by molar-refractivity contribution is -0.141. The highest BCUT2D eigenvalue weighted by molar-refractivity contribution is 7.99. The van der Waals surface area contributed by atoms with Gasteiger partial charge in [-0.25, -0.2) is 4.79 Å². The molecule has 0 saturated carbocycles. The van der Waals surface area contributed by atoms with Crippen LogP contribution in [0.15, 0.2) is 0 Å². The van der Waals surface area contributed by atoms with Gasteiger partial charge in [0.15, 0.2) is 0 Å². The lowest BCUT2D eigenvalue weighted by Gasteiger charge is -2.26. The van der Waals surface area contributed by atoms with E-state index in [-0.39, 0.29) is 5.91 Å². The Morgan fingerprint density at radius 1 is 1.26 bits per heavy atom. The van der Waals surface area contributed by atoms with Gasteiger partial charge in [-0.3, -0.25) is 4.79 Å². The number of aliphatic carboxylic acids is 1. The van der Waals surface area contributed by atoms with E-state index in [0.717, 1.165) is 18.1 Å². The molecule has 2 N–H and O–H groups in total. The smallest absolute Gasteiger partial charge is 0.326 e. The minimum Gasteiger partial charge on any atom is -0.480 e. The van der Waals surface area contributed by atoms with Crippen molar-refractivity contribution in [2.45, 2.75) is 38.6 Å². The molecule has 1 aliphatic rings. The largest absolute Gasteiger partial charge is 0.480 e. The van der Waals surface area contributed by atoms with Crippen molar-refractivity contribution in [2.75, 3.05) is 31.1 Å². The maximum Gasteiger partial charge on any atom is 0.326 e. The summed E-state index contributed by atoms with van der Waals surface area (Å²) in [7, 11) is 0. The molecule has 1 aliphatic heterocycles. The summed E-state index contributed by atoms with van der Waals surface area (Å²) in [6.07, 6.45) is 4.43. The zero-order valence-electron chi connectivity index (χ0n) is 11.6. The molecule has 110 valence electrons. The molecule has 1 heterocycles. The zero-order chi connectivity index (χ0) is 14.1. The van der Waals surface area contributed by atoms with E-state index >= 15 is 0 Å². The molecule has 1 atom stereocenters. The average Bonchev–Trinajstić information content (AvgIpc) is 2.37. The summed E-state index contributed by atoms with van der Waals surface area (Å²) in [4.78, 5) is 24.3. The molecular weight excluding hydrogens is 264 g/mol. The number of thioether (sulfide) groups is 1. The third-order valence-corrected chi connectivity index (χ3v) is 4.22. The van der Waals surface area contributed by atoms with Gasteiger partial charge in [0.1, 0.15) is 6.04 Å². The van der Waals surface area contributed by atoms with Crippen LogP contribution >= 0.6 is 11.8 Å². The minimum absolute atomic E-state index is 0.286. The highest BCUT2D eigenvalue weighted by Gasteiger charge is 2.17. The van der Waals surface area contributed by atoms with Crippen molar-refractivity contribution in [1.82, 2.24) is 10.2 Å². The molecule has 1 saturated heterocycles. The molecule has 1 unspecified atom stereocenters. The topological polar surface area (TPSA) is 69.6 Å². The van der Waals surface area contributed by atoms with Crippen LogP contribution in [0.5, 0.6) is 0 Å². The van der Waals surface area contributed by atoms with Crippen molar-refractivity contribution in [3.63, 3.8) is 0 Å². The highest BCUT2D eigenvalue weighted by atomic mass is 32.2. The second-order valence-electron chi connectivity index (χ2n) is 4.89. The standard InChI is InChI=1S/C13H24N2O3S/c1-11(16)14-12(13(17)18)5-9-19-10-8-15-6-3-2-4-7-15/h12H,2-10H2,1H3,(H,14,16)(H,17,18). The lowest BCUT2D eigenvalue weighted by Crippen LogP contribution is -2.40.